The monoisotopic (exact) mass is 487 g/mol. The van der Waals surface area contributed by atoms with Crippen molar-refractivity contribution in [2.75, 3.05) is 13.2 Å². The van der Waals surface area contributed by atoms with Crippen LogP contribution in [-0.4, -0.2) is 77.1 Å². The van der Waals surface area contributed by atoms with Crippen LogP contribution in [0.3, 0.4) is 0 Å². The van der Waals surface area contributed by atoms with Crippen LogP contribution >= 0.6 is 0 Å². The van der Waals surface area contributed by atoms with Crippen LogP contribution in [0.4, 0.5) is 0 Å². The van der Waals surface area contributed by atoms with Crippen molar-refractivity contribution in [1.82, 2.24) is 21.3 Å². The predicted molar refractivity (Wildman–Crippen MR) is 125 cm³/mol. The smallest absolute Gasteiger partial charge is 0.322 e. The maximum absolute atomic E-state index is 12.8. The van der Waals surface area contributed by atoms with Crippen LogP contribution in [0.2, 0.25) is 0 Å². The molecule has 0 spiro atoms. The van der Waals surface area contributed by atoms with E-state index >= 15 is 0 Å². The number of hydrogen-bond acceptors (Lipinski definition) is 7. The SMILES string of the molecule is CCC(C)C(N)C(=O)NC(C(=O)NC(CO)C(=O)NC(CC(C)C)C(=O)NCC(=O)O)C(C)C. The Labute approximate surface area is 200 Å². The van der Waals surface area contributed by atoms with E-state index in [0.29, 0.717) is 6.42 Å². The number of amides is 4. The van der Waals surface area contributed by atoms with E-state index in [4.69, 9.17) is 10.8 Å². The maximum atomic E-state index is 12.8. The van der Waals surface area contributed by atoms with Gasteiger partial charge in [0.25, 0.3) is 0 Å². The molecule has 5 atom stereocenters. The Morgan fingerprint density at radius 3 is 1.82 bits per heavy atom. The zero-order valence-corrected chi connectivity index (χ0v) is 20.9. The van der Waals surface area contributed by atoms with Crippen molar-refractivity contribution in [1.29, 1.82) is 0 Å². The molecule has 0 aliphatic heterocycles. The average Bonchev–Trinajstić information content (AvgIpc) is 2.76. The lowest BCUT2D eigenvalue weighted by atomic mass is 9.97. The number of nitrogens with one attached hydrogen (secondary N) is 4. The summed E-state index contributed by atoms with van der Waals surface area (Å²) in [7, 11) is 0. The summed E-state index contributed by atoms with van der Waals surface area (Å²) in [4.78, 5) is 61.0. The van der Waals surface area contributed by atoms with Crippen molar-refractivity contribution in [3.05, 3.63) is 0 Å². The summed E-state index contributed by atoms with van der Waals surface area (Å²) in [5.41, 5.74) is 5.94. The molecule has 0 saturated carbocycles. The summed E-state index contributed by atoms with van der Waals surface area (Å²) in [6.07, 6.45) is 0.888. The van der Waals surface area contributed by atoms with E-state index in [-0.39, 0.29) is 24.2 Å². The highest BCUT2D eigenvalue weighted by Gasteiger charge is 2.32. The molecule has 12 heteroatoms. The summed E-state index contributed by atoms with van der Waals surface area (Å²) < 4.78 is 0. The molecule has 0 aromatic heterocycles. The fourth-order valence-electron chi connectivity index (χ4n) is 3.01. The molecular formula is C22H41N5O7. The lowest BCUT2D eigenvalue weighted by Crippen LogP contribution is -2.60. The minimum absolute atomic E-state index is 0.0155. The second kappa shape index (κ2) is 15.2. The zero-order valence-electron chi connectivity index (χ0n) is 20.9. The molecule has 196 valence electrons. The van der Waals surface area contributed by atoms with Crippen LogP contribution in [0.5, 0.6) is 0 Å². The van der Waals surface area contributed by atoms with Gasteiger partial charge in [0, 0.05) is 0 Å². The first kappa shape index (κ1) is 31.3. The van der Waals surface area contributed by atoms with E-state index in [1.807, 2.05) is 27.7 Å². The lowest BCUT2D eigenvalue weighted by molar-refractivity contribution is -0.138. The van der Waals surface area contributed by atoms with Gasteiger partial charge in [-0.1, -0.05) is 48.0 Å². The molecule has 0 aliphatic carbocycles. The van der Waals surface area contributed by atoms with Gasteiger partial charge in [-0.2, -0.15) is 0 Å². The van der Waals surface area contributed by atoms with E-state index in [0.717, 1.165) is 0 Å². The maximum Gasteiger partial charge on any atom is 0.322 e. The fourth-order valence-corrected chi connectivity index (χ4v) is 3.01. The third-order valence-corrected chi connectivity index (χ3v) is 5.38. The molecule has 34 heavy (non-hydrogen) atoms. The van der Waals surface area contributed by atoms with Gasteiger partial charge in [-0.3, -0.25) is 24.0 Å². The van der Waals surface area contributed by atoms with Gasteiger partial charge in [0.1, 0.15) is 24.7 Å². The second-order valence-corrected chi connectivity index (χ2v) is 9.19. The number of aliphatic hydroxyl groups is 1. The van der Waals surface area contributed by atoms with Crippen molar-refractivity contribution in [2.24, 2.45) is 23.5 Å². The molecule has 4 amide bonds. The predicted octanol–water partition coefficient (Wildman–Crippen LogP) is -1.29. The van der Waals surface area contributed by atoms with Gasteiger partial charge in [0.15, 0.2) is 0 Å². The molecule has 0 radical (unpaired) electrons. The van der Waals surface area contributed by atoms with Crippen molar-refractivity contribution in [3.63, 3.8) is 0 Å². The number of carboxylic acids is 1. The molecule has 0 bridgehead atoms. The Bertz CT molecular complexity index is 714. The summed E-state index contributed by atoms with van der Waals surface area (Å²) in [6, 6.07) is -4.27. The third-order valence-electron chi connectivity index (χ3n) is 5.38. The minimum Gasteiger partial charge on any atom is -0.480 e. The van der Waals surface area contributed by atoms with Crippen LogP contribution in [0.1, 0.15) is 54.4 Å². The summed E-state index contributed by atoms with van der Waals surface area (Å²) >= 11 is 0. The Morgan fingerprint density at radius 2 is 1.38 bits per heavy atom. The molecule has 0 fully saturated rings. The zero-order chi connectivity index (χ0) is 26.6. The topological polar surface area (TPSA) is 200 Å². The van der Waals surface area contributed by atoms with Gasteiger partial charge in [-0.25, -0.2) is 0 Å². The number of carboxylic acid groups (broad SMARTS) is 1. The van der Waals surface area contributed by atoms with Crippen LogP contribution in [0, 0.1) is 17.8 Å². The fraction of sp³-hybridized carbons (Fsp3) is 0.773. The van der Waals surface area contributed by atoms with Crippen LogP contribution < -0.4 is 27.0 Å². The van der Waals surface area contributed by atoms with Gasteiger partial charge in [-0.05, 0) is 24.2 Å². The normalized spacial score (nSPS) is 15.6. The van der Waals surface area contributed by atoms with Gasteiger partial charge < -0.3 is 37.2 Å². The second-order valence-electron chi connectivity index (χ2n) is 9.19. The lowest BCUT2D eigenvalue weighted by Gasteiger charge is -2.27. The van der Waals surface area contributed by atoms with Crippen molar-refractivity contribution in [3.8, 4) is 0 Å². The first-order valence-corrected chi connectivity index (χ1v) is 11.5. The van der Waals surface area contributed by atoms with Gasteiger partial charge in [0.05, 0.1) is 12.6 Å². The molecule has 0 aromatic rings. The third kappa shape index (κ3) is 10.9. The van der Waals surface area contributed by atoms with Crippen LogP contribution in [0.15, 0.2) is 0 Å². The standard InChI is InChI=1S/C22H41N5O7/c1-7-13(6)17(23)21(33)27-18(12(4)5)22(34)26-15(10-28)20(32)25-14(8-11(2)3)19(31)24-9-16(29)30/h11-15,17-18,28H,7-10,23H2,1-6H3,(H,24,31)(H,25,32)(H,26,34)(H,27,33)(H,29,30). The molecule has 12 nitrogen and oxygen atoms in total. The summed E-state index contributed by atoms with van der Waals surface area (Å²) in [6.45, 7) is 9.39. The Morgan fingerprint density at radius 1 is 0.824 bits per heavy atom. The van der Waals surface area contributed by atoms with Crippen molar-refractivity contribution in [2.45, 2.75) is 78.6 Å². The van der Waals surface area contributed by atoms with E-state index in [1.165, 1.54) is 0 Å². The number of carbonyl (C=O) groups is 5. The number of carbonyl (C=O) groups excluding carboxylic acids is 4. The van der Waals surface area contributed by atoms with Crippen molar-refractivity contribution >= 4 is 29.6 Å². The molecular weight excluding hydrogens is 446 g/mol. The molecule has 8 N–H and O–H groups in total. The summed E-state index contributed by atoms with van der Waals surface area (Å²) in [5.74, 6) is -4.40. The highest BCUT2D eigenvalue weighted by Crippen LogP contribution is 2.09. The van der Waals surface area contributed by atoms with E-state index in [9.17, 15) is 29.1 Å². The highest BCUT2D eigenvalue weighted by molar-refractivity contribution is 5.95. The first-order chi connectivity index (χ1) is 15.7. The average molecular weight is 488 g/mol. The van der Waals surface area contributed by atoms with E-state index in [2.05, 4.69) is 21.3 Å². The highest BCUT2D eigenvalue weighted by atomic mass is 16.4. The molecule has 0 saturated heterocycles. The van der Waals surface area contributed by atoms with E-state index in [1.54, 1.807) is 13.8 Å². The molecule has 0 aromatic carbocycles. The molecule has 5 unspecified atom stereocenters. The minimum atomic E-state index is -1.39. The Balaban J connectivity index is 5.35. The van der Waals surface area contributed by atoms with E-state index < -0.39 is 66.9 Å². The molecule has 0 rings (SSSR count). The van der Waals surface area contributed by atoms with Crippen LogP contribution in [0.25, 0.3) is 0 Å². The largest absolute Gasteiger partial charge is 0.480 e. The van der Waals surface area contributed by atoms with Gasteiger partial charge in [-0.15, -0.1) is 0 Å². The summed E-state index contributed by atoms with van der Waals surface area (Å²) in [5, 5.41) is 28.1. The number of rotatable bonds is 15. The molecule has 0 aliphatic rings. The van der Waals surface area contributed by atoms with Gasteiger partial charge in [0.2, 0.25) is 23.6 Å². The number of hydrogen-bond donors (Lipinski definition) is 7. The first-order valence-electron chi connectivity index (χ1n) is 11.5. The quantitative estimate of drug-likeness (QED) is 0.148. The Hall–Kier alpha value is -2.73. The number of nitrogens with two attached hydrogens (primary N) is 1. The van der Waals surface area contributed by atoms with Gasteiger partial charge >= 0.3 is 5.97 Å². The van der Waals surface area contributed by atoms with Crippen molar-refractivity contribution < 1.29 is 34.2 Å². The number of aliphatic carboxylic acids is 1. The van der Waals surface area contributed by atoms with Crippen LogP contribution in [-0.2, 0) is 24.0 Å². The molecule has 0 heterocycles. The number of aliphatic hydroxyl groups excluding tert-OH is 1. The Kier molecular flexibility index (Phi) is 14.0.